The fraction of sp³-hybridized carbons (Fsp3) is 0.133. The van der Waals surface area contributed by atoms with E-state index in [0.717, 1.165) is 26.8 Å². The van der Waals surface area contributed by atoms with Gasteiger partial charge in [0.2, 0.25) is 0 Å². The fourth-order valence-electron chi connectivity index (χ4n) is 2.30. The highest BCUT2D eigenvalue weighted by Gasteiger charge is 2.10. The molecule has 0 radical (unpaired) electrons. The van der Waals surface area contributed by atoms with Crippen LogP contribution in [0, 0.1) is 0 Å². The van der Waals surface area contributed by atoms with Crippen molar-refractivity contribution in [2.24, 2.45) is 0 Å². The van der Waals surface area contributed by atoms with Gasteiger partial charge in [0.1, 0.15) is 0 Å². The predicted molar refractivity (Wildman–Crippen MR) is 90.1 cm³/mol. The molecule has 3 N–H and O–H groups in total. The Hall–Kier alpha value is -1.72. The van der Waals surface area contributed by atoms with E-state index in [1.807, 2.05) is 43.3 Å². The zero-order valence-electron chi connectivity index (χ0n) is 11.2. The Morgan fingerprint density at radius 1 is 1.14 bits per heavy atom. The van der Waals surface area contributed by atoms with E-state index < -0.39 is 0 Å². The molecule has 0 bridgehead atoms. The highest BCUT2D eigenvalue weighted by molar-refractivity contribution is 9.10. The summed E-state index contributed by atoms with van der Waals surface area (Å²) in [7, 11) is 0. The lowest BCUT2D eigenvalue weighted by atomic mass is 10.1. The van der Waals surface area contributed by atoms with E-state index in [0.29, 0.717) is 5.02 Å². The maximum atomic E-state index is 11.3. The molecule has 21 heavy (non-hydrogen) atoms. The molecule has 0 amide bonds. The lowest BCUT2D eigenvalue weighted by Crippen LogP contribution is -2.07. The Kier molecular flexibility index (Phi) is 3.78. The third-order valence-electron chi connectivity index (χ3n) is 3.33. The normalized spacial score (nSPS) is 12.5. The van der Waals surface area contributed by atoms with Crippen molar-refractivity contribution in [1.82, 2.24) is 9.97 Å². The van der Waals surface area contributed by atoms with E-state index in [2.05, 4.69) is 31.2 Å². The number of hydrogen-bond donors (Lipinski definition) is 3. The third-order valence-corrected chi connectivity index (χ3v) is 4.15. The Balaban J connectivity index is 1.88. The first kappa shape index (κ1) is 14.2. The van der Waals surface area contributed by atoms with Crippen LogP contribution in [0.1, 0.15) is 18.5 Å². The number of aromatic amines is 2. The van der Waals surface area contributed by atoms with Crippen LogP contribution >= 0.6 is 27.5 Å². The monoisotopic (exact) mass is 365 g/mol. The lowest BCUT2D eigenvalue weighted by Gasteiger charge is -2.17. The molecule has 1 atom stereocenters. The molecule has 3 aromatic rings. The van der Waals surface area contributed by atoms with E-state index in [-0.39, 0.29) is 11.7 Å². The standard InChI is InChI=1S/C15H13BrClN3O/c1-8(11-4-2-9(16)6-12(11)17)18-10-3-5-13-14(7-10)20-15(21)19-13/h2-8,18H,1H3,(H2,19,20,21). The number of anilines is 1. The zero-order chi connectivity index (χ0) is 15.0. The average molecular weight is 367 g/mol. The summed E-state index contributed by atoms with van der Waals surface area (Å²) in [4.78, 5) is 16.7. The maximum absolute atomic E-state index is 11.3. The minimum Gasteiger partial charge on any atom is -0.378 e. The first-order valence-electron chi connectivity index (χ1n) is 6.46. The maximum Gasteiger partial charge on any atom is 0.323 e. The Labute approximate surface area is 134 Å². The topological polar surface area (TPSA) is 60.7 Å². The molecule has 0 fully saturated rings. The van der Waals surface area contributed by atoms with Gasteiger partial charge in [0.05, 0.1) is 11.0 Å². The van der Waals surface area contributed by atoms with E-state index in [1.54, 1.807) is 0 Å². The predicted octanol–water partition coefficient (Wildman–Crippen LogP) is 4.45. The number of nitrogens with one attached hydrogen (secondary N) is 3. The minimum atomic E-state index is -0.203. The van der Waals surface area contributed by atoms with Gasteiger partial charge >= 0.3 is 5.69 Å². The van der Waals surface area contributed by atoms with Gasteiger partial charge in [-0.1, -0.05) is 33.6 Å². The van der Waals surface area contributed by atoms with E-state index in [9.17, 15) is 4.79 Å². The number of imidazole rings is 1. The van der Waals surface area contributed by atoms with Gasteiger partial charge in [0, 0.05) is 21.2 Å². The van der Waals surface area contributed by atoms with Crippen molar-refractivity contribution < 1.29 is 0 Å². The smallest absolute Gasteiger partial charge is 0.323 e. The van der Waals surface area contributed by atoms with Gasteiger partial charge in [-0.05, 0) is 42.8 Å². The van der Waals surface area contributed by atoms with Crippen molar-refractivity contribution >= 4 is 44.3 Å². The molecular weight excluding hydrogens is 354 g/mol. The van der Waals surface area contributed by atoms with Crippen LogP contribution in [-0.2, 0) is 0 Å². The molecule has 4 nitrogen and oxygen atoms in total. The van der Waals surface area contributed by atoms with Crippen molar-refractivity contribution in [1.29, 1.82) is 0 Å². The quantitative estimate of drug-likeness (QED) is 0.641. The second-order valence-electron chi connectivity index (χ2n) is 4.87. The van der Waals surface area contributed by atoms with Crippen LogP contribution in [-0.4, -0.2) is 9.97 Å². The molecule has 0 aliphatic rings. The van der Waals surface area contributed by atoms with Crippen LogP contribution in [0.5, 0.6) is 0 Å². The SMILES string of the molecule is CC(Nc1ccc2[nH]c(=O)[nH]c2c1)c1ccc(Br)cc1Cl. The largest absolute Gasteiger partial charge is 0.378 e. The molecule has 0 spiro atoms. The summed E-state index contributed by atoms with van der Waals surface area (Å²) in [5.74, 6) is 0. The summed E-state index contributed by atoms with van der Waals surface area (Å²) in [5, 5.41) is 4.09. The van der Waals surface area contributed by atoms with Crippen LogP contribution in [0.2, 0.25) is 5.02 Å². The van der Waals surface area contributed by atoms with Crippen molar-refractivity contribution in [3.05, 3.63) is 61.9 Å². The molecule has 3 rings (SSSR count). The van der Waals surface area contributed by atoms with Crippen LogP contribution in [0.25, 0.3) is 11.0 Å². The summed E-state index contributed by atoms with van der Waals surface area (Å²) in [6.45, 7) is 2.04. The molecule has 1 unspecified atom stereocenters. The van der Waals surface area contributed by atoms with Crippen LogP contribution < -0.4 is 11.0 Å². The number of halogens is 2. The third kappa shape index (κ3) is 2.99. The van der Waals surface area contributed by atoms with E-state index >= 15 is 0 Å². The molecular formula is C15H13BrClN3O. The summed E-state index contributed by atoms with van der Waals surface area (Å²) < 4.78 is 0.953. The van der Waals surface area contributed by atoms with Crippen LogP contribution in [0.3, 0.4) is 0 Å². The van der Waals surface area contributed by atoms with E-state index in [4.69, 9.17) is 11.6 Å². The summed E-state index contributed by atoms with van der Waals surface area (Å²) in [6.07, 6.45) is 0. The van der Waals surface area contributed by atoms with Crippen molar-refractivity contribution in [3.63, 3.8) is 0 Å². The van der Waals surface area contributed by atoms with Gasteiger partial charge < -0.3 is 15.3 Å². The molecule has 0 saturated heterocycles. The van der Waals surface area contributed by atoms with Gasteiger partial charge in [-0.25, -0.2) is 4.79 Å². The Morgan fingerprint density at radius 3 is 2.67 bits per heavy atom. The van der Waals surface area contributed by atoms with Crippen molar-refractivity contribution in [2.45, 2.75) is 13.0 Å². The highest BCUT2D eigenvalue weighted by atomic mass is 79.9. The molecule has 0 aliphatic carbocycles. The second-order valence-corrected chi connectivity index (χ2v) is 6.19. The lowest BCUT2D eigenvalue weighted by molar-refractivity contribution is 0.885. The number of fused-ring (bicyclic) bond motifs is 1. The fourth-order valence-corrected chi connectivity index (χ4v) is 3.14. The summed E-state index contributed by atoms with van der Waals surface area (Å²) in [6, 6.07) is 11.6. The van der Waals surface area contributed by atoms with Crippen molar-refractivity contribution in [2.75, 3.05) is 5.32 Å². The molecule has 0 aliphatic heterocycles. The van der Waals surface area contributed by atoms with Gasteiger partial charge in [-0.3, -0.25) is 0 Å². The number of rotatable bonds is 3. The van der Waals surface area contributed by atoms with Gasteiger partial charge in [0.15, 0.2) is 0 Å². The number of benzene rings is 2. The summed E-state index contributed by atoms with van der Waals surface area (Å²) >= 11 is 9.67. The van der Waals surface area contributed by atoms with Gasteiger partial charge in [-0.2, -0.15) is 0 Å². The van der Waals surface area contributed by atoms with Gasteiger partial charge in [0.25, 0.3) is 0 Å². The number of H-pyrrole nitrogens is 2. The average Bonchev–Trinajstić information content (AvgIpc) is 2.77. The van der Waals surface area contributed by atoms with E-state index in [1.165, 1.54) is 0 Å². The zero-order valence-corrected chi connectivity index (χ0v) is 13.5. The Morgan fingerprint density at radius 2 is 1.90 bits per heavy atom. The molecule has 1 heterocycles. The van der Waals surface area contributed by atoms with Gasteiger partial charge in [-0.15, -0.1) is 0 Å². The highest BCUT2D eigenvalue weighted by Crippen LogP contribution is 2.29. The number of hydrogen-bond acceptors (Lipinski definition) is 2. The molecule has 0 saturated carbocycles. The van der Waals surface area contributed by atoms with Crippen LogP contribution in [0.15, 0.2) is 45.7 Å². The van der Waals surface area contributed by atoms with Crippen molar-refractivity contribution in [3.8, 4) is 0 Å². The van der Waals surface area contributed by atoms with Crippen LogP contribution in [0.4, 0.5) is 5.69 Å². The Bertz CT molecular complexity index is 855. The first-order valence-corrected chi connectivity index (χ1v) is 7.63. The first-order chi connectivity index (χ1) is 10.0. The molecule has 108 valence electrons. The molecule has 6 heteroatoms. The number of aromatic nitrogens is 2. The molecule has 2 aromatic carbocycles. The molecule has 1 aromatic heterocycles. The summed E-state index contributed by atoms with van der Waals surface area (Å²) in [5.41, 5.74) is 3.30. The second kappa shape index (κ2) is 5.58. The minimum absolute atomic E-state index is 0.0497.